The molecule has 1 amide bonds. The summed E-state index contributed by atoms with van der Waals surface area (Å²) in [5.74, 6) is -0.570. The van der Waals surface area contributed by atoms with Gasteiger partial charge in [-0.05, 0) is 74.0 Å². The summed E-state index contributed by atoms with van der Waals surface area (Å²) in [5, 5.41) is 23.4. The summed E-state index contributed by atoms with van der Waals surface area (Å²) in [5.41, 5.74) is 7.19. The van der Waals surface area contributed by atoms with Gasteiger partial charge in [-0.2, -0.15) is 5.26 Å². The van der Waals surface area contributed by atoms with E-state index >= 15 is 0 Å². The lowest BCUT2D eigenvalue weighted by molar-refractivity contribution is -0.115. The first kappa shape index (κ1) is 32.0. The largest absolute Gasteiger partial charge is 0.497 e. The van der Waals surface area contributed by atoms with Gasteiger partial charge in [-0.3, -0.25) is 4.79 Å². The number of ether oxygens (including phenoxy) is 1. The van der Waals surface area contributed by atoms with Gasteiger partial charge in [-0.15, -0.1) is 0 Å². The highest BCUT2D eigenvalue weighted by Gasteiger charge is 2.22. The van der Waals surface area contributed by atoms with Crippen LogP contribution in [0.4, 0.5) is 5.69 Å². The van der Waals surface area contributed by atoms with E-state index in [4.69, 9.17) is 9.72 Å². The maximum absolute atomic E-state index is 13.4. The number of carboxylic acids is 1. The molecule has 0 aliphatic heterocycles. The number of rotatable bonds is 9. The fraction of sp³-hybridized carbons (Fsp3) is 0.103. The van der Waals surface area contributed by atoms with Crippen molar-refractivity contribution in [2.45, 2.75) is 24.1 Å². The average Bonchev–Trinajstić information content (AvgIpc) is 3.11. The summed E-state index contributed by atoms with van der Waals surface area (Å²) in [6, 6.07) is 35.5. The van der Waals surface area contributed by atoms with Crippen LogP contribution in [0.3, 0.4) is 0 Å². The Labute approximate surface area is 282 Å². The molecule has 1 atom stereocenters. The summed E-state index contributed by atoms with van der Waals surface area (Å²) in [4.78, 5) is 34.9. The number of fused-ring (bicyclic) bond motifs is 1. The molecule has 2 aromatic heterocycles. The van der Waals surface area contributed by atoms with Gasteiger partial charge in [-0.1, -0.05) is 71.9 Å². The molecule has 2 heterocycles. The van der Waals surface area contributed by atoms with Crippen molar-refractivity contribution < 1.29 is 19.4 Å². The van der Waals surface area contributed by atoms with Crippen LogP contribution in [0.25, 0.3) is 44.5 Å². The van der Waals surface area contributed by atoms with Gasteiger partial charge >= 0.3 is 5.97 Å². The number of methoxy groups -OCH3 is 1. The van der Waals surface area contributed by atoms with Crippen molar-refractivity contribution in [3.05, 3.63) is 126 Å². The van der Waals surface area contributed by atoms with Gasteiger partial charge in [0, 0.05) is 27.8 Å². The maximum atomic E-state index is 13.4. The zero-order valence-corrected chi connectivity index (χ0v) is 27.2. The average molecular weight is 651 g/mol. The van der Waals surface area contributed by atoms with Gasteiger partial charge in [-0.25, -0.2) is 14.8 Å². The number of aryl methyl sites for hydroxylation is 1. The third-order valence-corrected chi connectivity index (χ3v) is 8.99. The van der Waals surface area contributed by atoms with Crippen molar-refractivity contribution in [2.24, 2.45) is 0 Å². The van der Waals surface area contributed by atoms with Crippen LogP contribution in [0.1, 0.15) is 28.4 Å². The van der Waals surface area contributed by atoms with E-state index in [1.165, 1.54) is 11.8 Å². The van der Waals surface area contributed by atoms with Crippen LogP contribution in [-0.4, -0.2) is 39.3 Å². The molecule has 0 spiro atoms. The van der Waals surface area contributed by atoms with E-state index < -0.39 is 11.2 Å². The number of hydrogen-bond acceptors (Lipinski definition) is 7. The molecule has 48 heavy (non-hydrogen) atoms. The molecule has 236 valence electrons. The van der Waals surface area contributed by atoms with Crippen molar-refractivity contribution >= 4 is 40.2 Å². The molecule has 1 unspecified atom stereocenters. The fourth-order valence-corrected chi connectivity index (χ4v) is 6.20. The smallest absolute Gasteiger partial charge is 0.336 e. The van der Waals surface area contributed by atoms with Gasteiger partial charge < -0.3 is 15.2 Å². The minimum absolute atomic E-state index is 0.172. The van der Waals surface area contributed by atoms with E-state index in [9.17, 15) is 20.0 Å². The number of pyridine rings is 2. The molecule has 4 aromatic carbocycles. The second-order valence-corrected chi connectivity index (χ2v) is 12.5. The van der Waals surface area contributed by atoms with Crippen LogP contribution in [0, 0.1) is 18.3 Å². The van der Waals surface area contributed by atoms with E-state index in [-0.39, 0.29) is 11.5 Å². The van der Waals surface area contributed by atoms with Crippen LogP contribution in [0.2, 0.25) is 0 Å². The summed E-state index contributed by atoms with van der Waals surface area (Å²) >= 11 is 1.22. The molecular weight excluding hydrogens is 621 g/mol. The van der Waals surface area contributed by atoms with Crippen molar-refractivity contribution in [1.82, 2.24) is 9.97 Å². The van der Waals surface area contributed by atoms with Crippen LogP contribution < -0.4 is 10.1 Å². The topological polar surface area (TPSA) is 125 Å². The number of aromatic nitrogens is 2. The van der Waals surface area contributed by atoms with E-state index in [0.717, 1.165) is 28.0 Å². The lowest BCUT2D eigenvalue weighted by Crippen LogP contribution is -2.22. The Kier molecular flexibility index (Phi) is 9.19. The molecule has 6 rings (SSSR count). The van der Waals surface area contributed by atoms with Crippen molar-refractivity contribution in [3.8, 4) is 45.5 Å². The second-order valence-electron chi connectivity index (χ2n) is 11.1. The summed E-state index contributed by atoms with van der Waals surface area (Å²) < 4.78 is 5.32. The molecule has 0 fully saturated rings. The Morgan fingerprint density at radius 2 is 1.48 bits per heavy atom. The molecule has 2 N–H and O–H groups in total. The van der Waals surface area contributed by atoms with Crippen molar-refractivity contribution in [2.75, 3.05) is 12.4 Å². The number of thioether (sulfide) groups is 1. The zero-order chi connectivity index (χ0) is 33.8. The first-order chi connectivity index (χ1) is 23.2. The van der Waals surface area contributed by atoms with E-state index in [1.54, 1.807) is 62.6 Å². The third-order valence-electron chi connectivity index (χ3n) is 7.90. The molecule has 0 aliphatic rings. The zero-order valence-electron chi connectivity index (χ0n) is 26.4. The summed E-state index contributed by atoms with van der Waals surface area (Å²) in [6.07, 6.45) is 0. The lowest BCUT2D eigenvalue weighted by atomic mass is 9.98. The van der Waals surface area contributed by atoms with Crippen LogP contribution >= 0.6 is 11.8 Å². The van der Waals surface area contributed by atoms with E-state index in [1.807, 2.05) is 67.6 Å². The molecule has 8 nitrogen and oxygen atoms in total. The summed E-state index contributed by atoms with van der Waals surface area (Å²) in [6.45, 7) is 3.78. The van der Waals surface area contributed by atoms with E-state index in [2.05, 4.69) is 16.4 Å². The number of nitrogens with zero attached hydrogens (tertiary/aromatic N) is 3. The number of carboxylic acid groups (broad SMARTS) is 1. The fourth-order valence-electron chi connectivity index (χ4n) is 5.27. The Morgan fingerprint density at radius 3 is 2.12 bits per heavy atom. The predicted octanol–water partition coefficient (Wildman–Crippen LogP) is 8.64. The van der Waals surface area contributed by atoms with Gasteiger partial charge in [0.15, 0.2) is 0 Å². The number of carbonyl (C=O) groups excluding carboxylic acids is 1. The van der Waals surface area contributed by atoms with Gasteiger partial charge in [0.05, 0.1) is 40.4 Å². The minimum atomic E-state index is -1.03. The molecule has 6 aromatic rings. The molecular formula is C39H30N4O4S. The Bertz CT molecular complexity index is 2190. The Balaban J connectivity index is 1.26. The normalized spacial score (nSPS) is 11.5. The Morgan fingerprint density at radius 1 is 0.854 bits per heavy atom. The quantitative estimate of drug-likeness (QED) is 0.149. The number of hydrogen-bond donors (Lipinski definition) is 2. The first-order valence-corrected chi connectivity index (χ1v) is 16.0. The SMILES string of the molecule is COc1ccc(-c2cc(-c3ccc(C)cc3)c(C#N)c(SC(C)C(=O)Nc3ccc(-c4cc(C(=O)O)c5ccccc5n4)cc3)n2)cc1. The monoisotopic (exact) mass is 650 g/mol. The van der Waals surface area contributed by atoms with Crippen LogP contribution in [0.15, 0.2) is 114 Å². The number of benzene rings is 4. The lowest BCUT2D eigenvalue weighted by Gasteiger charge is -2.16. The number of carbonyl (C=O) groups is 2. The molecule has 0 radical (unpaired) electrons. The highest BCUT2D eigenvalue weighted by Crippen LogP contribution is 2.36. The van der Waals surface area contributed by atoms with Crippen molar-refractivity contribution in [1.29, 1.82) is 5.26 Å². The molecule has 0 bridgehead atoms. The molecule has 0 saturated carbocycles. The Hall–Kier alpha value is -5.98. The summed E-state index contributed by atoms with van der Waals surface area (Å²) in [7, 11) is 1.61. The third kappa shape index (κ3) is 6.75. The number of anilines is 1. The minimum Gasteiger partial charge on any atom is -0.497 e. The van der Waals surface area contributed by atoms with E-state index in [0.29, 0.717) is 44.1 Å². The number of nitriles is 1. The van der Waals surface area contributed by atoms with Gasteiger partial charge in [0.25, 0.3) is 0 Å². The van der Waals surface area contributed by atoms with Gasteiger partial charge in [0.1, 0.15) is 16.8 Å². The van der Waals surface area contributed by atoms with Crippen molar-refractivity contribution in [3.63, 3.8) is 0 Å². The van der Waals surface area contributed by atoms with Crippen LogP contribution in [0.5, 0.6) is 5.75 Å². The highest BCUT2D eigenvalue weighted by molar-refractivity contribution is 8.00. The predicted molar refractivity (Wildman–Crippen MR) is 189 cm³/mol. The number of nitrogens with one attached hydrogen (secondary N) is 1. The highest BCUT2D eigenvalue weighted by atomic mass is 32.2. The standard InChI is InChI=1S/C39H30N4O4S/c1-23-8-10-25(11-9-23)31-20-36(27-14-18-29(47-3)19-15-27)43-38(33(31)22-40)48-24(2)37(44)41-28-16-12-26(13-17-28)35-21-32(39(45)46)30-6-4-5-7-34(30)42-35/h4-21,24H,1-3H3,(H,41,44)(H,45,46). The van der Waals surface area contributed by atoms with Crippen LogP contribution in [-0.2, 0) is 4.79 Å². The molecule has 9 heteroatoms. The molecule has 0 saturated heterocycles. The number of para-hydroxylation sites is 1. The maximum Gasteiger partial charge on any atom is 0.336 e. The van der Waals surface area contributed by atoms with Gasteiger partial charge in [0.2, 0.25) is 5.91 Å². The number of aromatic carboxylic acids is 1. The first-order valence-electron chi connectivity index (χ1n) is 15.1. The number of amides is 1. The second kappa shape index (κ2) is 13.8. The molecule has 0 aliphatic carbocycles.